The van der Waals surface area contributed by atoms with Gasteiger partial charge in [-0.15, -0.1) is 0 Å². The molecule has 0 saturated heterocycles. The molecule has 0 aliphatic heterocycles. The van der Waals surface area contributed by atoms with Crippen molar-refractivity contribution < 1.29 is 14.3 Å². The summed E-state index contributed by atoms with van der Waals surface area (Å²) < 4.78 is 5.21. The second-order valence-corrected chi connectivity index (χ2v) is 7.62. The highest BCUT2D eigenvalue weighted by atomic mass is 16.5. The van der Waals surface area contributed by atoms with Crippen LogP contribution in [0.3, 0.4) is 0 Å². The van der Waals surface area contributed by atoms with Gasteiger partial charge in [0, 0.05) is 5.41 Å². The minimum Gasteiger partial charge on any atom is -0.445 e. The van der Waals surface area contributed by atoms with Crippen LogP contribution >= 0.6 is 0 Å². The Balaban J connectivity index is 2.70. The summed E-state index contributed by atoms with van der Waals surface area (Å²) in [4.78, 5) is 24.6. The molecule has 0 fully saturated rings. The number of alkyl carbamates (subject to hydrolysis) is 1. The molecule has 0 spiro atoms. The number of carbonyl (C=O) groups is 2. The Bertz CT molecular complexity index is 509. The van der Waals surface area contributed by atoms with E-state index in [1.165, 1.54) is 0 Å². The summed E-state index contributed by atoms with van der Waals surface area (Å²) in [7, 11) is 0. The number of amides is 1. The summed E-state index contributed by atoms with van der Waals surface area (Å²) in [5, 5.41) is 2.72. The van der Waals surface area contributed by atoms with Gasteiger partial charge in [-0.3, -0.25) is 4.79 Å². The van der Waals surface area contributed by atoms with Crippen molar-refractivity contribution >= 4 is 11.9 Å². The lowest BCUT2D eigenvalue weighted by Crippen LogP contribution is -2.52. The van der Waals surface area contributed by atoms with Crippen molar-refractivity contribution in [1.29, 1.82) is 0 Å². The lowest BCUT2D eigenvalue weighted by molar-refractivity contribution is -0.130. The Kier molecular flexibility index (Phi) is 5.75. The zero-order chi connectivity index (χ0) is 17.0. The van der Waals surface area contributed by atoms with E-state index in [0.717, 1.165) is 5.56 Å². The first kappa shape index (κ1) is 18.2. The van der Waals surface area contributed by atoms with Gasteiger partial charge in [-0.25, -0.2) is 4.79 Å². The molecule has 1 aromatic carbocycles. The van der Waals surface area contributed by atoms with E-state index in [2.05, 4.69) is 5.32 Å². The maximum Gasteiger partial charge on any atom is 0.408 e. The largest absolute Gasteiger partial charge is 0.445 e. The quantitative estimate of drug-likeness (QED) is 0.916. The molecule has 0 saturated carbocycles. The SMILES string of the molecule is CC(C)(C)C(=O)C(NC(=O)OCc1ccccc1)C(C)(C)C. The van der Waals surface area contributed by atoms with Gasteiger partial charge in [-0.05, 0) is 11.0 Å². The van der Waals surface area contributed by atoms with E-state index in [0.29, 0.717) is 0 Å². The van der Waals surface area contributed by atoms with E-state index < -0.39 is 17.6 Å². The Morgan fingerprint density at radius 3 is 2.05 bits per heavy atom. The molecule has 0 bridgehead atoms. The summed E-state index contributed by atoms with van der Waals surface area (Å²) in [5.74, 6) is -0.00309. The van der Waals surface area contributed by atoms with Crippen molar-refractivity contribution in [1.82, 2.24) is 5.32 Å². The van der Waals surface area contributed by atoms with Gasteiger partial charge in [-0.2, -0.15) is 0 Å². The van der Waals surface area contributed by atoms with Crippen LogP contribution in [0.15, 0.2) is 30.3 Å². The zero-order valence-corrected chi connectivity index (χ0v) is 14.4. The van der Waals surface area contributed by atoms with Gasteiger partial charge in [0.05, 0.1) is 6.04 Å². The molecule has 1 aromatic rings. The third-order valence-corrected chi connectivity index (χ3v) is 3.34. The molecule has 0 heterocycles. The average molecular weight is 305 g/mol. The molecule has 0 aliphatic rings. The molecule has 1 rings (SSSR count). The molecule has 1 N–H and O–H groups in total. The van der Waals surface area contributed by atoms with E-state index in [9.17, 15) is 9.59 Å². The first-order valence-electron chi connectivity index (χ1n) is 7.53. The highest BCUT2D eigenvalue weighted by Gasteiger charge is 2.38. The Morgan fingerprint density at radius 1 is 1.05 bits per heavy atom. The molecule has 122 valence electrons. The van der Waals surface area contributed by atoms with Gasteiger partial charge in [-0.1, -0.05) is 71.9 Å². The minimum absolute atomic E-state index is 0.00309. The number of carbonyl (C=O) groups excluding carboxylic acids is 2. The Labute approximate surface area is 133 Å². The molecule has 0 aliphatic carbocycles. The predicted molar refractivity (Wildman–Crippen MR) is 87.5 cm³/mol. The van der Waals surface area contributed by atoms with Crippen LogP contribution in [0.25, 0.3) is 0 Å². The number of rotatable bonds is 4. The second kappa shape index (κ2) is 6.95. The maximum absolute atomic E-state index is 12.6. The van der Waals surface area contributed by atoms with E-state index in [1.807, 2.05) is 71.9 Å². The second-order valence-electron chi connectivity index (χ2n) is 7.62. The van der Waals surface area contributed by atoms with Crippen LogP contribution in [0.5, 0.6) is 0 Å². The van der Waals surface area contributed by atoms with Gasteiger partial charge in [0.25, 0.3) is 0 Å². The number of ether oxygens (including phenoxy) is 1. The molecular formula is C18H27NO3. The highest BCUT2D eigenvalue weighted by molar-refractivity contribution is 5.91. The number of nitrogens with one attached hydrogen (secondary N) is 1. The number of hydrogen-bond acceptors (Lipinski definition) is 3. The van der Waals surface area contributed by atoms with E-state index in [-0.39, 0.29) is 17.8 Å². The summed E-state index contributed by atoms with van der Waals surface area (Å²) in [5.41, 5.74) is 0.00736. The summed E-state index contributed by atoms with van der Waals surface area (Å²) in [6.45, 7) is 11.5. The smallest absolute Gasteiger partial charge is 0.408 e. The van der Waals surface area contributed by atoms with Crippen molar-refractivity contribution in [3.8, 4) is 0 Å². The average Bonchev–Trinajstić information content (AvgIpc) is 2.40. The summed E-state index contributed by atoms with van der Waals surface area (Å²) in [6.07, 6.45) is -0.568. The monoisotopic (exact) mass is 305 g/mol. The molecule has 4 heteroatoms. The van der Waals surface area contributed by atoms with Crippen LogP contribution < -0.4 is 5.32 Å². The molecule has 1 unspecified atom stereocenters. The third kappa shape index (κ3) is 5.51. The van der Waals surface area contributed by atoms with Crippen molar-refractivity contribution in [2.45, 2.75) is 54.2 Å². The Hall–Kier alpha value is -1.84. The van der Waals surface area contributed by atoms with Crippen LogP contribution in [-0.4, -0.2) is 17.9 Å². The minimum atomic E-state index is -0.587. The number of ketones is 1. The number of benzene rings is 1. The van der Waals surface area contributed by atoms with E-state index in [1.54, 1.807) is 0 Å². The van der Waals surface area contributed by atoms with Gasteiger partial charge in [0.15, 0.2) is 5.78 Å². The van der Waals surface area contributed by atoms with Gasteiger partial charge in [0.1, 0.15) is 6.61 Å². The van der Waals surface area contributed by atoms with Crippen LogP contribution in [-0.2, 0) is 16.1 Å². The fraction of sp³-hybridized carbons (Fsp3) is 0.556. The van der Waals surface area contributed by atoms with Crippen molar-refractivity contribution in [2.24, 2.45) is 10.8 Å². The molecule has 1 amide bonds. The standard InChI is InChI=1S/C18H27NO3/c1-17(2,3)14(15(20)18(4,5)6)19-16(21)22-12-13-10-8-7-9-11-13/h7-11,14H,12H2,1-6H3,(H,19,21). The molecule has 0 aromatic heterocycles. The van der Waals surface area contributed by atoms with Crippen molar-refractivity contribution in [3.05, 3.63) is 35.9 Å². The third-order valence-electron chi connectivity index (χ3n) is 3.34. The summed E-state index contributed by atoms with van der Waals surface area (Å²) in [6, 6.07) is 8.86. The zero-order valence-electron chi connectivity index (χ0n) is 14.4. The first-order chi connectivity index (χ1) is 10.0. The van der Waals surface area contributed by atoms with Crippen LogP contribution in [0.2, 0.25) is 0 Å². The van der Waals surface area contributed by atoms with Crippen LogP contribution in [0.4, 0.5) is 4.79 Å². The molecule has 22 heavy (non-hydrogen) atoms. The molecule has 0 radical (unpaired) electrons. The Morgan fingerprint density at radius 2 is 1.59 bits per heavy atom. The fourth-order valence-corrected chi connectivity index (χ4v) is 1.99. The number of Topliss-reactive ketones (excluding diaryl/α,β-unsaturated/α-hetero) is 1. The highest BCUT2D eigenvalue weighted by Crippen LogP contribution is 2.27. The van der Waals surface area contributed by atoms with Crippen molar-refractivity contribution in [2.75, 3.05) is 0 Å². The van der Waals surface area contributed by atoms with E-state index in [4.69, 9.17) is 4.74 Å². The first-order valence-corrected chi connectivity index (χ1v) is 7.53. The number of hydrogen-bond donors (Lipinski definition) is 1. The molecule has 4 nitrogen and oxygen atoms in total. The van der Waals surface area contributed by atoms with Crippen LogP contribution in [0.1, 0.15) is 47.1 Å². The maximum atomic E-state index is 12.6. The van der Waals surface area contributed by atoms with Gasteiger partial charge in [0.2, 0.25) is 0 Å². The fourth-order valence-electron chi connectivity index (χ4n) is 1.99. The normalized spacial score (nSPS) is 13.4. The lowest BCUT2D eigenvalue weighted by Gasteiger charge is -2.34. The molecular weight excluding hydrogens is 278 g/mol. The van der Waals surface area contributed by atoms with Gasteiger partial charge >= 0.3 is 6.09 Å². The topological polar surface area (TPSA) is 55.4 Å². The lowest BCUT2D eigenvalue weighted by atomic mass is 9.76. The van der Waals surface area contributed by atoms with Gasteiger partial charge < -0.3 is 10.1 Å². The molecule has 1 atom stereocenters. The summed E-state index contributed by atoms with van der Waals surface area (Å²) >= 11 is 0. The van der Waals surface area contributed by atoms with Crippen molar-refractivity contribution in [3.63, 3.8) is 0 Å². The predicted octanol–water partition coefficient (Wildman–Crippen LogP) is 3.94. The van der Waals surface area contributed by atoms with E-state index >= 15 is 0 Å². The van der Waals surface area contributed by atoms with Crippen LogP contribution in [0, 0.1) is 10.8 Å².